The first-order valence-electron chi connectivity index (χ1n) is 7.29. The lowest BCUT2D eigenvalue weighted by Gasteiger charge is -2.00. The second-order valence-electron chi connectivity index (χ2n) is 5.08. The molecule has 0 saturated heterocycles. The average Bonchev–Trinajstić information content (AvgIpc) is 3.09. The summed E-state index contributed by atoms with van der Waals surface area (Å²) in [6, 6.07) is 13.0. The third-order valence-electron chi connectivity index (χ3n) is 3.51. The number of pyridine rings is 1. The number of rotatable bonds is 6. The zero-order chi connectivity index (χ0) is 16.1. The van der Waals surface area contributed by atoms with E-state index in [0.29, 0.717) is 24.2 Å². The molecule has 5 nitrogen and oxygen atoms in total. The second-order valence-corrected chi connectivity index (χ2v) is 5.08. The van der Waals surface area contributed by atoms with E-state index in [1.807, 2.05) is 30.3 Å². The van der Waals surface area contributed by atoms with Gasteiger partial charge in [-0.05, 0) is 24.3 Å². The highest BCUT2D eigenvalue weighted by Crippen LogP contribution is 2.24. The van der Waals surface area contributed by atoms with Crippen LogP contribution >= 0.6 is 0 Å². The van der Waals surface area contributed by atoms with Crippen LogP contribution in [0.25, 0.3) is 11.3 Å². The summed E-state index contributed by atoms with van der Waals surface area (Å²) in [4.78, 5) is 16.0. The zero-order valence-corrected chi connectivity index (χ0v) is 12.7. The molecule has 3 rings (SSSR count). The van der Waals surface area contributed by atoms with Gasteiger partial charge in [-0.25, -0.2) is 0 Å². The van der Waals surface area contributed by atoms with Crippen molar-refractivity contribution in [1.82, 2.24) is 10.1 Å². The van der Waals surface area contributed by atoms with Crippen molar-refractivity contribution in [2.75, 3.05) is 7.11 Å². The largest absolute Gasteiger partial charge is 0.497 e. The Kier molecular flexibility index (Phi) is 4.47. The number of aromatic nitrogens is 2. The highest BCUT2D eigenvalue weighted by Gasteiger charge is 2.11. The van der Waals surface area contributed by atoms with Crippen molar-refractivity contribution in [3.63, 3.8) is 0 Å². The monoisotopic (exact) mass is 308 g/mol. The van der Waals surface area contributed by atoms with Crippen LogP contribution in [0.4, 0.5) is 0 Å². The van der Waals surface area contributed by atoms with Crippen LogP contribution in [-0.4, -0.2) is 23.0 Å². The molecular weight excluding hydrogens is 292 g/mol. The third-order valence-corrected chi connectivity index (χ3v) is 3.51. The van der Waals surface area contributed by atoms with E-state index in [9.17, 15) is 4.79 Å². The van der Waals surface area contributed by atoms with Crippen molar-refractivity contribution in [1.29, 1.82) is 0 Å². The van der Waals surface area contributed by atoms with Crippen LogP contribution in [0.5, 0.6) is 5.75 Å². The van der Waals surface area contributed by atoms with Crippen LogP contribution in [0.15, 0.2) is 59.4 Å². The Morgan fingerprint density at radius 2 is 2.13 bits per heavy atom. The van der Waals surface area contributed by atoms with Gasteiger partial charge in [0, 0.05) is 42.4 Å². The summed E-state index contributed by atoms with van der Waals surface area (Å²) in [6.07, 6.45) is 4.08. The molecule has 0 amide bonds. The van der Waals surface area contributed by atoms with Crippen molar-refractivity contribution in [3.8, 4) is 17.0 Å². The van der Waals surface area contributed by atoms with Gasteiger partial charge in [0.1, 0.15) is 17.2 Å². The zero-order valence-electron chi connectivity index (χ0n) is 12.7. The molecule has 5 heteroatoms. The smallest absolute Gasteiger partial charge is 0.164 e. The summed E-state index contributed by atoms with van der Waals surface area (Å²) in [5, 5.41) is 4.06. The summed E-state index contributed by atoms with van der Waals surface area (Å²) in [7, 11) is 1.62. The summed E-state index contributed by atoms with van der Waals surface area (Å²) in [6.45, 7) is 0. The third kappa shape index (κ3) is 3.63. The van der Waals surface area contributed by atoms with Gasteiger partial charge in [0.05, 0.1) is 7.11 Å². The highest BCUT2D eigenvalue weighted by atomic mass is 16.5. The van der Waals surface area contributed by atoms with E-state index in [0.717, 1.165) is 17.0 Å². The Balaban J connectivity index is 1.66. The molecule has 0 saturated carbocycles. The maximum atomic E-state index is 12.1. The minimum atomic E-state index is 0.0393. The molecule has 0 aliphatic heterocycles. The Bertz CT molecular complexity index is 797. The minimum absolute atomic E-state index is 0.0393. The van der Waals surface area contributed by atoms with E-state index in [1.165, 1.54) is 0 Å². The van der Waals surface area contributed by atoms with E-state index in [4.69, 9.17) is 9.26 Å². The molecule has 0 aliphatic carbocycles. The number of carbonyl (C=O) groups is 1. The molecule has 0 aliphatic rings. The standard InChI is InChI=1S/C18H16N2O3/c1-22-15-6-2-4-13(10-15)17-11-16(23-20-17)7-8-18(21)14-5-3-9-19-12-14/h2-6,9-12H,7-8H2,1H3. The van der Waals surface area contributed by atoms with Gasteiger partial charge >= 0.3 is 0 Å². The van der Waals surface area contributed by atoms with Crippen LogP contribution in [0.2, 0.25) is 0 Å². The first-order chi connectivity index (χ1) is 11.3. The highest BCUT2D eigenvalue weighted by molar-refractivity contribution is 5.95. The van der Waals surface area contributed by atoms with Crippen LogP contribution < -0.4 is 4.74 Å². The summed E-state index contributed by atoms with van der Waals surface area (Å²) in [5.74, 6) is 1.48. The van der Waals surface area contributed by atoms with Gasteiger partial charge < -0.3 is 9.26 Å². The Morgan fingerprint density at radius 3 is 2.91 bits per heavy atom. The van der Waals surface area contributed by atoms with Crippen LogP contribution in [0, 0.1) is 0 Å². The van der Waals surface area contributed by atoms with Crippen molar-refractivity contribution >= 4 is 5.78 Å². The van der Waals surface area contributed by atoms with Crippen molar-refractivity contribution in [2.24, 2.45) is 0 Å². The van der Waals surface area contributed by atoms with E-state index in [1.54, 1.807) is 31.6 Å². The van der Waals surface area contributed by atoms with Gasteiger partial charge in [-0.2, -0.15) is 0 Å². The summed E-state index contributed by atoms with van der Waals surface area (Å²) < 4.78 is 10.5. The van der Waals surface area contributed by atoms with E-state index < -0.39 is 0 Å². The summed E-state index contributed by atoms with van der Waals surface area (Å²) in [5.41, 5.74) is 2.26. The molecule has 0 radical (unpaired) electrons. The molecule has 1 aromatic carbocycles. The van der Waals surface area contributed by atoms with Gasteiger partial charge in [-0.15, -0.1) is 0 Å². The predicted octanol–water partition coefficient (Wildman–Crippen LogP) is 3.56. The molecule has 2 aromatic heterocycles. The SMILES string of the molecule is COc1cccc(-c2cc(CCC(=O)c3cccnc3)on2)c1. The van der Waals surface area contributed by atoms with Gasteiger partial charge in [0.15, 0.2) is 5.78 Å². The molecule has 0 spiro atoms. The van der Waals surface area contributed by atoms with E-state index in [-0.39, 0.29) is 5.78 Å². The lowest BCUT2D eigenvalue weighted by molar-refractivity contribution is 0.0980. The van der Waals surface area contributed by atoms with E-state index in [2.05, 4.69) is 10.1 Å². The van der Waals surface area contributed by atoms with Gasteiger partial charge in [-0.3, -0.25) is 9.78 Å². The number of Topliss-reactive ketones (excluding diaryl/α,β-unsaturated/α-hetero) is 1. The second kappa shape index (κ2) is 6.87. The summed E-state index contributed by atoms with van der Waals surface area (Å²) >= 11 is 0. The maximum Gasteiger partial charge on any atom is 0.164 e. The number of aryl methyl sites for hydroxylation is 1. The van der Waals surface area contributed by atoms with Crippen LogP contribution in [0.3, 0.4) is 0 Å². The first kappa shape index (κ1) is 15.0. The first-order valence-corrected chi connectivity index (χ1v) is 7.29. The minimum Gasteiger partial charge on any atom is -0.497 e. The van der Waals surface area contributed by atoms with Crippen molar-refractivity contribution in [3.05, 3.63) is 66.2 Å². The number of ether oxygens (including phenoxy) is 1. The number of hydrogen-bond acceptors (Lipinski definition) is 5. The van der Waals surface area contributed by atoms with Crippen LogP contribution in [-0.2, 0) is 6.42 Å². The number of hydrogen-bond donors (Lipinski definition) is 0. The van der Waals surface area contributed by atoms with Gasteiger partial charge in [-0.1, -0.05) is 17.3 Å². The number of carbonyl (C=O) groups excluding carboxylic acids is 1. The Morgan fingerprint density at radius 1 is 1.22 bits per heavy atom. The van der Waals surface area contributed by atoms with Crippen molar-refractivity contribution < 1.29 is 14.1 Å². The quantitative estimate of drug-likeness (QED) is 0.651. The number of benzene rings is 1. The lowest BCUT2D eigenvalue weighted by atomic mass is 10.1. The Labute approximate surface area is 133 Å². The average molecular weight is 308 g/mol. The molecule has 0 bridgehead atoms. The molecule has 2 heterocycles. The normalized spacial score (nSPS) is 10.5. The molecule has 116 valence electrons. The van der Waals surface area contributed by atoms with E-state index >= 15 is 0 Å². The molecule has 0 atom stereocenters. The van der Waals surface area contributed by atoms with Crippen molar-refractivity contribution in [2.45, 2.75) is 12.8 Å². The molecule has 0 N–H and O–H groups in total. The fourth-order valence-electron chi connectivity index (χ4n) is 2.26. The number of ketones is 1. The maximum absolute atomic E-state index is 12.1. The molecular formula is C18H16N2O3. The van der Waals surface area contributed by atoms with Gasteiger partial charge in [0.2, 0.25) is 0 Å². The number of nitrogens with zero attached hydrogens (tertiary/aromatic N) is 2. The number of methoxy groups -OCH3 is 1. The molecule has 0 unspecified atom stereocenters. The molecule has 0 fully saturated rings. The fourth-order valence-corrected chi connectivity index (χ4v) is 2.26. The van der Waals surface area contributed by atoms with Crippen LogP contribution in [0.1, 0.15) is 22.5 Å². The lowest BCUT2D eigenvalue weighted by Crippen LogP contribution is -2.00. The molecule has 3 aromatic rings. The van der Waals surface area contributed by atoms with Gasteiger partial charge in [0.25, 0.3) is 0 Å². The predicted molar refractivity (Wildman–Crippen MR) is 85.4 cm³/mol. The fraction of sp³-hybridized carbons (Fsp3) is 0.167. The Hall–Kier alpha value is -2.95. The molecule has 23 heavy (non-hydrogen) atoms. The topological polar surface area (TPSA) is 65.2 Å².